The SMILES string of the molecule is CN(C)C1CCN(c2cc(F)cc(C=O)c2)CC1. The molecule has 4 heteroatoms. The lowest BCUT2D eigenvalue weighted by Gasteiger charge is -2.36. The molecule has 0 atom stereocenters. The minimum absolute atomic E-state index is 0.343. The maximum Gasteiger partial charge on any atom is 0.150 e. The van der Waals surface area contributed by atoms with Gasteiger partial charge in [0.05, 0.1) is 0 Å². The van der Waals surface area contributed by atoms with Crippen LogP contribution in [0.15, 0.2) is 18.2 Å². The lowest BCUT2D eigenvalue weighted by atomic mass is 10.0. The summed E-state index contributed by atoms with van der Waals surface area (Å²) < 4.78 is 13.4. The molecule has 1 aliphatic rings. The van der Waals surface area contributed by atoms with Gasteiger partial charge in [0.25, 0.3) is 0 Å². The van der Waals surface area contributed by atoms with Gasteiger partial charge in [0.1, 0.15) is 12.1 Å². The zero-order chi connectivity index (χ0) is 13.1. The molecule has 1 aliphatic heterocycles. The van der Waals surface area contributed by atoms with Gasteiger partial charge in [0, 0.05) is 30.4 Å². The van der Waals surface area contributed by atoms with Crippen molar-refractivity contribution in [1.82, 2.24) is 4.90 Å². The van der Waals surface area contributed by atoms with Crippen LogP contribution in [-0.4, -0.2) is 44.4 Å². The molecule has 0 unspecified atom stereocenters. The molecule has 0 amide bonds. The molecule has 1 aromatic rings. The third kappa shape index (κ3) is 2.88. The van der Waals surface area contributed by atoms with Gasteiger partial charge in [-0.05, 0) is 45.1 Å². The maximum atomic E-state index is 13.4. The van der Waals surface area contributed by atoms with Crippen molar-refractivity contribution in [3.63, 3.8) is 0 Å². The van der Waals surface area contributed by atoms with Crippen LogP contribution in [0.5, 0.6) is 0 Å². The van der Waals surface area contributed by atoms with Gasteiger partial charge in [-0.1, -0.05) is 0 Å². The lowest BCUT2D eigenvalue weighted by Crippen LogP contribution is -2.42. The normalized spacial score (nSPS) is 17.2. The van der Waals surface area contributed by atoms with Crippen molar-refractivity contribution in [2.75, 3.05) is 32.1 Å². The van der Waals surface area contributed by atoms with Crippen molar-refractivity contribution in [1.29, 1.82) is 0 Å². The van der Waals surface area contributed by atoms with Crippen molar-refractivity contribution < 1.29 is 9.18 Å². The zero-order valence-corrected chi connectivity index (χ0v) is 10.9. The largest absolute Gasteiger partial charge is 0.371 e. The number of carbonyl (C=O) groups excluding carboxylic acids is 1. The van der Waals surface area contributed by atoms with Gasteiger partial charge in [-0.15, -0.1) is 0 Å². The van der Waals surface area contributed by atoms with E-state index in [0.717, 1.165) is 31.6 Å². The molecule has 3 nitrogen and oxygen atoms in total. The van der Waals surface area contributed by atoms with E-state index in [0.29, 0.717) is 17.9 Å². The van der Waals surface area contributed by atoms with Gasteiger partial charge >= 0.3 is 0 Å². The van der Waals surface area contributed by atoms with Crippen molar-refractivity contribution in [3.8, 4) is 0 Å². The molecule has 1 heterocycles. The molecule has 98 valence electrons. The fourth-order valence-electron chi connectivity index (χ4n) is 2.49. The van der Waals surface area contributed by atoms with Crippen LogP contribution in [0, 0.1) is 5.82 Å². The highest BCUT2D eigenvalue weighted by atomic mass is 19.1. The molecule has 0 bridgehead atoms. The van der Waals surface area contributed by atoms with Crippen LogP contribution >= 0.6 is 0 Å². The van der Waals surface area contributed by atoms with E-state index in [9.17, 15) is 9.18 Å². The Morgan fingerprint density at radius 2 is 1.94 bits per heavy atom. The summed E-state index contributed by atoms with van der Waals surface area (Å²) in [5.41, 5.74) is 1.22. The van der Waals surface area contributed by atoms with E-state index in [2.05, 4.69) is 23.9 Å². The molecule has 2 rings (SSSR count). The molecular weight excluding hydrogens is 231 g/mol. The highest BCUT2D eigenvalue weighted by Gasteiger charge is 2.21. The minimum atomic E-state index is -0.343. The number of benzene rings is 1. The molecule has 0 N–H and O–H groups in total. The molecule has 0 radical (unpaired) electrons. The van der Waals surface area contributed by atoms with E-state index >= 15 is 0 Å². The van der Waals surface area contributed by atoms with E-state index in [-0.39, 0.29) is 5.82 Å². The van der Waals surface area contributed by atoms with Crippen molar-refractivity contribution in [2.24, 2.45) is 0 Å². The fraction of sp³-hybridized carbons (Fsp3) is 0.500. The third-order valence-corrected chi connectivity index (χ3v) is 3.60. The Morgan fingerprint density at radius 3 is 2.50 bits per heavy atom. The first kappa shape index (κ1) is 13.0. The van der Waals surface area contributed by atoms with E-state index in [4.69, 9.17) is 0 Å². The Balaban J connectivity index is 2.09. The smallest absolute Gasteiger partial charge is 0.150 e. The minimum Gasteiger partial charge on any atom is -0.371 e. The van der Waals surface area contributed by atoms with Gasteiger partial charge < -0.3 is 9.80 Å². The molecule has 18 heavy (non-hydrogen) atoms. The van der Waals surface area contributed by atoms with Gasteiger partial charge in [-0.25, -0.2) is 4.39 Å². The van der Waals surface area contributed by atoms with Gasteiger partial charge in [0.15, 0.2) is 0 Å². The summed E-state index contributed by atoms with van der Waals surface area (Å²) in [6, 6.07) is 5.12. The summed E-state index contributed by atoms with van der Waals surface area (Å²) in [6.07, 6.45) is 2.83. The number of rotatable bonds is 3. The first-order valence-electron chi connectivity index (χ1n) is 6.27. The molecule has 1 saturated heterocycles. The molecule has 0 aromatic heterocycles. The number of halogens is 1. The second kappa shape index (κ2) is 5.48. The second-order valence-corrected chi connectivity index (χ2v) is 5.04. The van der Waals surface area contributed by atoms with Gasteiger partial charge in [-0.2, -0.15) is 0 Å². The summed E-state index contributed by atoms with van der Waals surface area (Å²) in [6.45, 7) is 1.81. The average Bonchev–Trinajstić information content (AvgIpc) is 2.38. The van der Waals surface area contributed by atoms with Gasteiger partial charge in [0.2, 0.25) is 0 Å². The van der Waals surface area contributed by atoms with E-state index < -0.39 is 0 Å². The standard InChI is InChI=1S/C14H19FN2O/c1-16(2)13-3-5-17(6-4-13)14-8-11(10-18)7-12(15)9-14/h7-10,13H,3-6H2,1-2H3. The van der Waals surface area contributed by atoms with Crippen LogP contribution in [0.4, 0.5) is 10.1 Å². The predicted molar refractivity (Wildman–Crippen MR) is 70.7 cm³/mol. The van der Waals surface area contributed by atoms with Crippen molar-refractivity contribution >= 4 is 12.0 Å². The Hall–Kier alpha value is -1.42. The van der Waals surface area contributed by atoms with E-state index in [1.54, 1.807) is 6.07 Å². The van der Waals surface area contributed by atoms with Gasteiger partial charge in [-0.3, -0.25) is 4.79 Å². The average molecular weight is 250 g/mol. The molecular formula is C14H19FN2O. The van der Waals surface area contributed by atoms with Crippen LogP contribution in [0.1, 0.15) is 23.2 Å². The monoisotopic (exact) mass is 250 g/mol. The zero-order valence-electron chi connectivity index (χ0n) is 10.9. The number of carbonyl (C=O) groups is 1. The number of hydrogen-bond acceptors (Lipinski definition) is 3. The first-order valence-corrected chi connectivity index (χ1v) is 6.27. The summed E-state index contributed by atoms with van der Waals surface area (Å²) >= 11 is 0. The number of piperidine rings is 1. The number of hydrogen-bond donors (Lipinski definition) is 0. The van der Waals surface area contributed by atoms with Crippen LogP contribution in [-0.2, 0) is 0 Å². The van der Waals surface area contributed by atoms with Crippen LogP contribution in [0.25, 0.3) is 0 Å². The predicted octanol–water partition coefficient (Wildman–Crippen LogP) is 2.17. The van der Waals surface area contributed by atoms with Crippen LogP contribution < -0.4 is 4.90 Å². The number of anilines is 1. The third-order valence-electron chi connectivity index (χ3n) is 3.60. The molecule has 0 aliphatic carbocycles. The summed E-state index contributed by atoms with van der Waals surface area (Å²) in [4.78, 5) is 15.1. The number of nitrogens with zero attached hydrogens (tertiary/aromatic N) is 2. The van der Waals surface area contributed by atoms with E-state index in [1.807, 2.05) is 0 Å². The highest BCUT2D eigenvalue weighted by Crippen LogP contribution is 2.23. The Bertz CT molecular complexity index is 426. The maximum absolute atomic E-state index is 13.4. The Kier molecular flexibility index (Phi) is 3.97. The first-order chi connectivity index (χ1) is 8.60. The molecule has 0 saturated carbocycles. The number of aldehydes is 1. The summed E-state index contributed by atoms with van der Waals surface area (Å²) in [7, 11) is 4.18. The van der Waals surface area contributed by atoms with E-state index in [1.165, 1.54) is 12.1 Å². The summed E-state index contributed by atoms with van der Waals surface area (Å²) in [5.74, 6) is -0.343. The van der Waals surface area contributed by atoms with Crippen LogP contribution in [0.2, 0.25) is 0 Å². The van der Waals surface area contributed by atoms with Crippen molar-refractivity contribution in [3.05, 3.63) is 29.6 Å². The summed E-state index contributed by atoms with van der Waals surface area (Å²) in [5, 5.41) is 0. The highest BCUT2D eigenvalue weighted by molar-refractivity contribution is 5.77. The van der Waals surface area contributed by atoms with Crippen LogP contribution in [0.3, 0.4) is 0 Å². The Morgan fingerprint density at radius 1 is 1.28 bits per heavy atom. The fourth-order valence-corrected chi connectivity index (χ4v) is 2.49. The molecule has 1 fully saturated rings. The van der Waals surface area contributed by atoms with Crippen molar-refractivity contribution in [2.45, 2.75) is 18.9 Å². The molecule has 1 aromatic carbocycles. The molecule has 0 spiro atoms. The topological polar surface area (TPSA) is 23.6 Å². The lowest BCUT2D eigenvalue weighted by molar-refractivity contribution is 0.112. The Labute approximate surface area is 107 Å². The second-order valence-electron chi connectivity index (χ2n) is 5.04. The quantitative estimate of drug-likeness (QED) is 0.768.